The molecule has 0 saturated heterocycles. The highest BCUT2D eigenvalue weighted by Crippen LogP contribution is 2.47. The summed E-state index contributed by atoms with van der Waals surface area (Å²) in [5.41, 5.74) is 2.10. The largest absolute Gasteiger partial charge is 0.489 e. The number of rotatable bonds is 7. The summed E-state index contributed by atoms with van der Waals surface area (Å²) < 4.78 is 11.1. The highest BCUT2D eigenvalue weighted by molar-refractivity contribution is 5.93. The first-order chi connectivity index (χ1) is 12.8. The molecule has 0 radical (unpaired) electrons. The van der Waals surface area contributed by atoms with E-state index in [2.05, 4.69) is 17.4 Å². The summed E-state index contributed by atoms with van der Waals surface area (Å²) in [5.74, 6) is 0.898. The van der Waals surface area contributed by atoms with Gasteiger partial charge in [-0.3, -0.25) is 4.79 Å². The normalized spacial score (nSPS) is 14.6. The molecule has 1 N–H and O–H groups in total. The van der Waals surface area contributed by atoms with Crippen LogP contribution in [-0.2, 0) is 12.0 Å². The minimum atomic E-state index is -0.191. The lowest BCUT2D eigenvalue weighted by atomic mass is 9.96. The third kappa shape index (κ3) is 3.49. The van der Waals surface area contributed by atoms with Crippen LogP contribution < -0.4 is 10.1 Å². The summed E-state index contributed by atoms with van der Waals surface area (Å²) in [5, 5.41) is 3.04. The number of nitrogens with one attached hydrogen (secondary N) is 1. The predicted molar refractivity (Wildman–Crippen MR) is 99.2 cm³/mol. The fourth-order valence-electron chi connectivity index (χ4n) is 3.17. The van der Waals surface area contributed by atoms with E-state index in [0.717, 1.165) is 24.2 Å². The van der Waals surface area contributed by atoms with Crippen LogP contribution in [0.2, 0.25) is 0 Å². The maximum absolute atomic E-state index is 12.6. The molecule has 0 spiro atoms. The molecular weight excluding hydrogens is 326 g/mol. The number of carbonyl (C=O) groups is 1. The Morgan fingerprint density at radius 3 is 2.38 bits per heavy atom. The standard InChI is InChI=1S/C22H21NO3/c24-21(23-16-22(12-13-22)18-7-3-1-4-8-18)20-17(11-14-25-20)15-26-19-9-5-2-6-10-19/h1-11,14H,12-13,15-16H2,(H,23,24). The van der Waals surface area contributed by atoms with Gasteiger partial charge in [0.1, 0.15) is 12.4 Å². The molecule has 0 aliphatic heterocycles. The molecule has 26 heavy (non-hydrogen) atoms. The van der Waals surface area contributed by atoms with Crippen molar-refractivity contribution in [3.63, 3.8) is 0 Å². The van der Waals surface area contributed by atoms with Gasteiger partial charge < -0.3 is 14.5 Å². The van der Waals surface area contributed by atoms with E-state index in [4.69, 9.17) is 9.15 Å². The molecule has 4 heteroatoms. The van der Waals surface area contributed by atoms with Crippen LogP contribution in [0.3, 0.4) is 0 Å². The van der Waals surface area contributed by atoms with Crippen molar-refractivity contribution in [1.82, 2.24) is 5.32 Å². The van der Waals surface area contributed by atoms with Crippen molar-refractivity contribution in [1.29, 1.82) is 0 Å². The molecular formula is C22H21NO3. The smallest absolute Gasteiger partial charge is 0.287 e. The number of amides is 1. The van der Waals surface area contributed by atoms with Gasteiger partial charge in [-0.1, -0.05) is 48.5 Å². The maximum Gasteiger partial charge on any atom is 0.287 e. The third-order valence-corrected chi connectivity index (χ3v) is 4.92. The second-order valence-corrected chi connectivity index (χ2v) is 6.71. The zero-order valence-corrected chi connectivity index (χ0v) is 14.5. The Kier molecular flexibility index (Phi) is 4.48. The Labute approximate surface area is 152 Å². The van der Waals surface area contributed by atoms with Gasteiger partial charge in [-0.2, -0.15) is 0 Å². The van der Waals surface area contributed by atoms with Crippen molar-refractivity contribution in [3.8, 4) is 5.75 Å². The van der Waals surface area contributed by atoms with E-state index in [1.54, 1.807) is 6.07 Å². The Morgan fingerprint density at radius 2 is 1.69 bits per heavy atom. The lowest BCUT2D eigenvalue weighted by Gasteiger charge is -2.16. The lowest BCUT2D eigenvalue weighted by Crippen LogP contribution is -2.32. The van der Waals surface area contributed by atoms with Gasteiger partial charge in [0.25, 0.3) is 5.91 Å². The molecule has 2 aromatic carbocycles. The number of benzene rings is 2. The van der Waals surface area contributed by atoms with Gasteiger partial charge in [0.15, 0.2) is 5.76 Å². The first-order valence-corrected chi connectivity index (χ1v) is 8.85. The Balaban J connectivity index is 1.38. The van der Waals surface area contributed by atoms with Crippen molar-refractivity contribution in [3.05, 3.63) is 89.9 Å². The molecule has 1 aliphatic carbocycles. The highest BCUT2D eigenvalue weighted by atomic mass is 16.5. The van der Waals surface area contributed by atoms with Crippen molar-refractivity contribution in [2.24, 2.45) is 0 Å². The van der Waals surface area contributed by atoms with Crippen molar-refractivity contribution < 1.29 is 13.9 Å². The topological polar surface area (TPSA) is 51.5 Å². The van der Waals surface area contributed by atoms with E-state index < -0.39 is 0 Å². The molecule has 1 amide bonds. The minimum absolute atomic E-state index is 0.0736. The van der Waals surface area contributed by atoms with E-state index in [1.165, 1.54) is 11.8 Å². The number of ether oxygens (including phenoxy) is 1. The van der Waals surface area contributed by atoms with Crippen LogP contribution in [0, 0.1) is 0 Å². The zero-order valence-electron chi connectivity index (χ0n) is 14.5. The number of para-hydroxylation sites is 1. The van der Waals surface area contributed by atoms with E-state index in [9.17, 15) is 4.79 Å². The summed E-state index contributed by atoms with van der Waals surface area (Å²) in [7, 11) is 0. The SMILES string of the molecule is O=C(NCC1(c2ccccc2)CC1)c1occc1COc1ccccc1. The maximum atomic E-state index is 12.6. The quantitative estimate of drug-likeness (QED) is 0.692. The average Bonchev–Trinajstić information content (AvgIpc) is 3.35. The zero-order chi connectivity index (χ0) is 17.8. The van der Waals surface area contributed by atoms with Gasteiger partial charge >= 0.3 is 0 Å². The molecule has 1 saturated carbocycles. The van der Waals surface area contributed by atoms with Crippen LogP contribution >= 0.6 is 0 Å². The third-order valence-electron chi connectivity index (χ3n) is 4.92. The molecule has 1 aromatic heterocycles. The van der Waals surface area contributed by atoms with Gasteiger partial charge in [-0.25, -0.2) is 0 Å². The Morgan fingerprint density at radius 1 is 1.00 bits per heavy atom. The number of hydrogen-bond donors (Lipinski definition) is 1. The minimum Gasteiger partial charge on any atom is -0.489 e. The van der Waals surface area contributed by atoms with Gasteiger partial charge in [-0.05, 0) is 36.6 Å². The highest BCUT2D eigenvalue weighted by Gasteiger charge is 2.44. The van der Waals surface area contributed by atoms with Gasteiger partial charge in [0, 0.05) is 17.5 Å². The van der Waals surface area contributed by atoms with E-state index in [0.29, 0.717) is 18.9 Å². The van der Waals surface area contributed by atoms with E-state index in [-0.39, 0.29) is 11.3 Å². The summed E-state index contributed by atoms with van der Waals surface area (Å²) in [4.78, 5) is 12.6. The second-order valence-electron chi connectivity index (χ2n) is 6.71. The Bertz CT molecular complexity index is 867. The van der Waals surface area contributed by atoms with Crippen LogP contribution in [0.15, 0.2) is 77.4 Å². The van der Waals surface area contributed by atoms with Crippen LogP contribution in [-0.4, -0.2) is 12.5 Å². The van der Waals surface area contributed by atoms with Crippen molar-refractivity contribution >= 4 is 5.91 Å². The second kappa shape index (κ2) is 7.08. The molecule has 3 aromatic rings. The van der Waals surface area contributed by atoms with E-state index >= 15 is 0 Å². The van der Waals surface area contributed by atoms with Gasteiger partial charge in [0.05, 0.1) is 6.26 Å². The van der Waals surface area contributed by atoms with Crippen molar-refractivity contribution in [2.75, 3.05) is 6.54 Å². The number of hydrogen-bond acceptors (Lipinski definition) is 3. The molecule has 0 unspecified atom stereocenters. The van der Waals surface area contributed by atoms with Crippen LogP contribution in [0.5, 0.6) is 5.75 Å². The monoisotopic (exact) mass is 347 g/mol. The first kappa shape index (κ1) is 16.5. The van der Waals surface area contributed by atoms with Gasteiger partial charge in [0.2, 0.25) is 0 Å². The first-order valence-electron chi connectivity index (χ1n) is 8.85. The fourth-order valence-corrected chi connectivity index (χ4v) is 3.17. The molecule has 1 heterocycles. The molecule has 0 bridgehead atoms. The predicted octanol–water partition coefficient (Wildman–Crippen LogP) is 4.32. The fraction of sp³-hybridized carbons (Fsp3) is 0.227. The van der Waals surface area contributed by atoms with Crippen LogP contribution in [0.4, 0.5) is 0 Å². The average molecular weight is 347 g/mol. The summed E-state index contributed by atoms with van der Waals surface area (Å²) in [6, 6.07) is 21.7. The molecule has 0 atom stereocenters. The molecule has 4 nitrogen and oxygen atoms in total. The number of carbonyl (C=O) groups excluding carboxylic acids is 1. The molecule has 1 aliphatic rings. The van der Waals surface area contributed by atoms with Crippen molar-refractivity contribution in [2.45, 2.75) is 24.9 Å². The summed E-state index contributed by atoms with van der Waals surface area (Å²) in [6.07, 6.45) is 3.72. The van der Waals surface area contributed by atoms with Gasteiger partial charge in [-0.15, -0.1) is 0 Å². The molecule has 4 rings (SSSR count). The van der Waals surface area contributed by atoms with E-state index in [1.807, 2.05) is 48.5 Å². The Hall–Kier alpha value is -3.01. The van der Waals surface area contributed by atoms with Crippen LogP contribution in [0.25, 0.3) is 0 Å². The van der Waals surface area contributed by atoms with Crippen LogP contribution in [0.1, 0.15) is 34.5 Å². The number of furan rings is 1. The summed E-state index contributed by atoms with van der Waals surface area (Å²) >= 11 is 0. The summed E-state index contributed by atoms with van der Waals surface area (Å²) in [6.45, 7) is 0.919. The molecule has 132 valence electrons. The lowest BCUT2D eigenvalue weighted by molar-refractivity contribution is 0.0918. The molecule has 1 fully saturated rings.